The number of piperidine rings is 1. The molecule has 0 bridgehead atoms. The van der Waals surface area contributed by atoms with E-state index >= 15 is 0 Å². The Bertz CT molecular complexity index is 422. The monoisotopic (exact) mass is 238 g/mol. The van der Waals surface area contributed by atoms with Crippen molar-refractivity contribution in [3.8, 4) is 0 Å². The molecule has 2 unspecified atom stereocenters. The molecule has 1 aliphatic heterocycles. The van der Waals surface area contributed by atoms with Gasteiger partial charge in [-0.15, -0.1) is 0 Å². The first-order valence-corrected chi connectivity index (χ1v) is 5.97. The molecule has 94 valence electrons. The summed E-state index contributed by atoms with van der Waals surface area (Å²) in [4.78, 5) is 2.12. The van der Waals surface area contributed by atoms with E-state index in [2.05, 4.69) is 4.90 Å². The lowest BCUT2D eigenvalue weighted by Crippen LogP contribution is -2.42. The van der Waals surface area contributed by atoms with Crippen LogP contribution < -0.4 is 10.6 Å². The topological polar surface area (TPSA) is 49.5 Å². The molecule has 1 aliphatic rings. The van der Waals surface area contributed by atoms with Gasteiger partial charge in [0.15, 0.2) is 0 Å². The van der Waals surface area contributed by atoms with E-state index in [1.165, 1.54) is 6.07 Å². The number of anilines is 2. The van der Waals surface area contributed by atoms with Gasteiger partial charge < -0.3 is 15.7 Å². The van der Waals surface area contributed by atoms with E-state index in [1.54, 1.807) is 13.0 Å². The highest BCUT2D eigenvalue weighted by atomic mass is 19.1. The molecule has 1 heterocycles. The Morgan fingerprint density at radius 2 is 2.18 bits per heavy atom. The zero-order chi connectivity index (χ0) is 12.6. The van der Waals surface area contributed by atoms with E-state index in [1.807, 2.05) is 6.92 Å². The SMILES string of the molecule is Cc1cc(N2CCC(O)C(C)C2)c(N)cc1F. The minimum absolute atomic E-state index is 0.216. The molecular weight excluding hydrogens is 219 g/mol. The maximum absolute atomic E-state index is 13.3. The highest BCUT2D eigenvalue weighted by molar-refractivity contribution is 5.69. The number of hydrogen-bond donors (Lipinski definition) is 2. The fourth-order valence-electron chi connectivity index (χ4n) is 2.31. The Hall–Kier alpha value is -1.29. The van der Waals surface area contributed by atoms with Crippen LogP contribution in [0.3, 0.4) is 0 Å². The number of aliphatic hydroxyl groups is 1. The number of nitrogens with two attached hydrogens (primary N) is 1. The summed E-state index contributed by atoms with van der Waals surface area (Å²) in [7, 11) is 0. The second-order valence-corrected chi connectivity index (χ2v) is 4.94. The molecule has 17 heavy (non-hydrogen) atoms. The molecule has 0 spiro atoms. The van der Waals surface area contributed by atoms with Crippen LogP contribution in [0.1, 0.15) is 18.9 Å². The number of rotatable bonds is 1. The average Bonchev–Trinajstić information content (AvgIpc) is 2.27. The molecule has 3 N–H and O–H groups in total. The fourth-order valence-corrected chi connectivity index (χ4v) is 2.31. The molecule has 1 fully saturated rings. The Balaban J connectivity index is 2.26. The zero-order valence-corrected chi connectivity index (χ0v) is 10.3. The summed E-state index contributed by atoms with van der Waals surface area (Å²) in [6, 6.07) is 3.16. The molecule has 1 aromatic carbocycles. The second kappa shape index (κ2) is 4.53. The first-order valence-electron chi connectivity index (χ1n) is 5.97. The Morgan fingerprint density at radius 3 is 2.82 bits per heavy atom. The van der Waals surface area contributed by atoms with Gasteiger partial charge in [0.25, 0.3) is 0 Å². The maximum Gasteiger partial charge on any atom is 0.128 e. The molecule has 0 aromatic heterocycles. The molecule has 4 heteroatoms. The van der Waals surface area contributed by atoms with Gasteiger partial charge in [0, 0.05) is 13.1 Å². The number of aliphatic hydroxyl groups excluding tert-OH is 1. The van der Waals surface area contributed by atoms with Crippen LogP contribution in [-0.2, 0) is 0 Å². The van der Waals surface area contributed by atoms with Crippen molar-refractivity contribution in [2.45, 2.75) is 26.4 Å². The van der Waals surface area contributed by atoms with Crippen LogP contribution >= 0.6 is 0 Å². The summed E-state index contributed by atoms with van der Waals surface area (Å²) in [5.74, 6) is -0.0511. The maximum atomic E-state index is 13.3. The average molecular weight is 238 g/mol. The van der Waals surface area contributed by atoms with Gasteiger partial charge in [-0.2, -0.15) is 0 Å². The van der Waals surface area contributed by atoms with Crippen LogP contribution in [0.2, 0.25) is 0 Å². The predicted octanol–water partition coefficient (Wildman–Crippen LogP) is 1.92. The highest BCUT2D eigenvalue weighted by Gasteiger charge is 2.25. The number of halogens is 1. The summed E-state index contributed by atoms with van der Waals surface area (Å²) < 4.78 is 13.3. The van der Waals surface area contributed by atoms with Gasteiger partial charge in [0.1, 0.15) is 5.82 Å². The lowest BCUT2D eigenvalue weighted by atomic mass is 9.96. The molecule has 2 rings (SSSR count). The van der Waals surface area contributed by atoms with E-state index in [0.29, 0.717) is 11.3 Å². The third-order valence-electron chi connectivity index (χ3n) is 3.51. The summed E-state index contributed by atoms with van der Waals surface area (Å²) in [5.41, 5.74) is 7.81. The number of benzene rings is 1. The Labute approximate surface area is 101 Å². The quantitative estimate of drug-likeness (QED) is 0.735. The summed E-state index contributed by atoms with van der Waals surface area (Å²) in [6.45, 7) is 5.28. The lowest BCUT2D eigenvalue weighted by Gasteiger charge is -2.36. The van der Waals surface area contributed by atoms with Crippen LogP contribution in [-0.4, -0.2) is 24.3 Å². The Morgan fingerprint density at radius 1 is 1.47 bits per heavy atom. The molecule has 0 aliphatic carbocycles. The smallest absolute Gasteiger partial charge is 0.128 e. The number of hydrogen-bond acceptors (Lipinski definition) is 3. The van der Waals surface area contributed by atoms with Crippen molar-refractivity contribution < 1.29 is 9.50 Å². The van der Waals surface area contributed by atoms with Gasteiger partial charge in [0.05, 0.1) is 17.5 Å². The fraction of sp³-hybridized carbons (Fsp3) is 0.538. The van der Waals surface area contributed by atoms with Crippen LogP contribution in [0.15, 0.2) is 12.1 Å². The summed E-state index contributed by atoms with van der Waals surface area (Å²) >= 11 is 0. The van der Waals surface area contributed by atoms with E-state index in [-0.39, 0.29) is 17.8 Å². The normalized spacial score (nSPS) is 25.1. The molecular formula is C13H19FN2O. The largest absolute Gasteiger partial charge is 0.397 e. The molecule has 0 radical (unpaired) electrons. The lowest BCUT2D eigenvalue weighted by molar-refractivity contribution is 0.0971. The van der Waals surface area contributed by atoms with Gasteiger partial charge in [-0.05, 0) is 37.0 Å². The van der Waals surface area contributed by atoms with Crippen molar-refractivity contribution in [3.05, 3.63) is 23.5 Å². The van der Waals surface area contributed by atoms with Crippen molar-refractivity contribution in [2.75, 3.05) is 23.7 Å². The second-order valence-electron chi connectivity index (χ2n) is 4.94. The van der Waals surface area contributed by atoms with Crippen LogP contribution in [0.5, 0.6) is 0 Å². The van der Waals surface area contributed by atoms with E-state index in [0.717, 1.165) is 25.2 Å². The van der Waals surface area contributed by atoms with Gasteiger partial charge in [-0.1, -0.05) is 6.92 Å². The van der Waals surface area contributed by atoms with E-state index in [4.69, 9.17) is 5.73 Å². The zero-order valence-electron chi connectivity index (χ0n) is 10.3. The number of aryl methyl sites for hydroxylation is 1. The first kappa shape index (κ1) is 12.2. The minimum atomic E-state index is -0.267. The van der Waals surface area contributed by atoms with Crippen LogP contribution in [0.25, 0.3) is 0 Å². The van der Waals surface area contributed by atoms with Gasteiger partial charge in [-0.3, -0.25) is 0 Å². The molecule has 3 nitrogen and oxygen atoms in total. The summed E-state index contributed by atoms with van der Waals surface area (Å²) in [5, 5.41) is 9.69. The minimum Gasteiger partial charge on any atom is -0.397 e. The first-order chi connectivity index (χ1) is 7.99. The number of nitrogen functional groups attached to an aromatic ring is 1. The Kier molecular flexibility index (Phi) is 3.24. The van der Waals surface area contributed by atoms with E-state index < -0.39 is 0 Å². The third-order valence-corrected chi connectivity index (χ3v) is 3.51. The summed E-state index contributed by atoms with van der Waals surface area (Å²) in [6.07, 6.45) is 0.492. The highest BCUT2D eigenvalue weighted by Crippen LogP contribution is 2.30. The van der Waals surface area contributed by atoms with Gasteiger partial charge in [0.2, 0.25) is 0 Å². The standard InChI is InChI=1S/C13H19FN2O/c1-8-5-12(11(15)6-10(8)14)16-4-3-13(17)9(2)7-16/h5-6,9,13,17H,3-4,7,15H2,1-2H3. The van der Waals surface area contributed by atoms with E-state index in [9.17, 15) is 9.50 Å². The van der Waals surface area contributed by atoms with Crippen molar-refractivity contribution >= 4 is 11.4 Å². The molecule has 2 atom stereocenters. The van der Waals surface area contributed by atoms with Crippen LogP contribution in [0, 0.1) is 18.7 Å². The third kappa shape index (κ3) is 2.36. The molecule has 1 saturated heterocycles. The van der Waals surface area contributed by atoms with Crippen LogP contribution in [0.4, 0.5) is 15.8 Å². The molecule has 0 amide bonds. The molecule has 0 saturated carbocycles. The number of nitrogens with zero attached hydrogens (tertiary/aromatic N) is 1. The van der Waals surface area contributed by atoms with Crippen molar-refractivity contribution in [3.63, 3.8) is 0 Å². The van der Waals surface area contributed by atoms with Crippen molar-refractivity contribution in [1.29, 1.82) is 0 Å². The molecule has 1 aromatic rings. The van der Waals surface area contributed by atoms with Gasteiger partial charge >= 0.3 is 0 Å². The predicted molar refractivity (Wildman–Crippen MR) is 67.6 cm³/mol. The van der Waals surface area contributed by atoms with Crippen molar-refractivity contribution in [2.24, 2.45) is 5.92 Å². The van der Waals surface area contributed by atoms with Gasteiger partial charge in [-0.25, -0.2) is 4.39 Å². The van der Waals surface area contributed by atoms with Crippen molar-refractivity contribution in [1.82, 2.24) is 0 Å².